The molecule has 0 spiro atoms. The molecular formula is C51H59N11O3. The second kappa shape index (κ2) is 19.6. The first kappa shape index (κ1) is 44.9. The summed E-state index contributed by atoms with van der Waals surface area (Å²) in [5, 5.41) is 13.2. The van der Waals surface area contributed by atoms with Crippen LogP contribution >= 0.6 is 0 Å². The van der Waals surface area contributed by atoms with E-state index in [1.165, 1.54) is 0 Å². The van der Waals surface area contributed by atoms with Gasteiger partial charge in [0, 0.05) is 31.3 Å². The molecule has 0 aliphatic heterocycles. The minimum Gasteiger partial charge on any atom is -0.480 e. The van der Waals surface area contributed by atoms with Gasteiger partial charge < -0.3 is 19.5 Å². The van der Waals surface area contributed by atoms with Gasteiger partial charge in [0.15, 0.2) is 11.3 Å². The summed E-state index contributed by atoms with van der Waals surface area (Å²) in [6, 6.07) is 26.7. The highest BCUT2D eigenvalue weighted by Crippen LogP contribution is 2.36. The average molecular weight is 874 g/mol. The molecule has 2 unspecified atom stereocenters. The van der Waals surface area contributed by atoms with E-state index in [1.54, 1.807) is 14.2 Å². The number of fused-ring (bicyclic) bond motifs is 2. The van der Waals surface area contributed by atoms with Gasteiger partial charge in [0.1, 0.15) is 22.9 Å². The Kier molecular flexibility index (Phi) is 13.6. The standard InChI is InChI=1S/C51H59N11O3/c1-11-40-46(57-44-32(6)59-61(49(44)54-40)26-34-18-14-13-15-19-34)38-22-25-43(53-48(38)52-8)31(5)37-21-17-16-20-35(37)27-65-29-36(28-63-9)62-50-45(33(7)60-62)58-47(41(12-2)55-50)39-23-24-42(30(3)4)56-51(39)64-10/h13-25,30-31,36H,11-12,26-29H2,1-10H3,(H,52,53). The van der Waals surface area contributed by atoms with Crippen LogP contribution < -0.4 is 10.1 Å². The van der Waals surface area contributed by atoms with Crippen LogP contribution in [0.2, 0.25) is 0 Å². The average Bonchev–Trinajstić information content (AvgIpc) is 3.82. The Morgan fingerprint density at radius 1 is 0.662 bits per heavy atom. The van der Waals surface area contributed by atoms with E-state index in [1.807, 2.05) is 66.7 Å². The molecule has 1 N–H and O–H groups in total. The third-order valence-electron chi connectivity index (χ3n) is 12.0. The number of benzene rings is 2. The molecule has 65 heavy (non-hydrogen) atoms. The maximum atomic E-state index is 6.54. The Labute approximate surface area is 380 Å². The Bertz CT molecular complexity index is 2940. The van der Waals surface area contributed by atoms with Gasteiger partial charge in [0.05, 0.1) is 78.9 Å². The van der Waals surface area contributed by atoms with Crippen molar-refractivity contribution in [2.75, 3.05) is 39.8 Å². The van der Waals surface area contributed by atoms with Gasteiger partial charge in [-0.15, -0.1) is 0 Å². The molecule has 0 saturated carbocycles. The molecular weight excluding hydrogens is 815 g/mol. The van der Waals surface area contributed by atoms with Crippen molar-refractivity contribution in [2.45, 2.75) is 92.3 Å². The first-order valence-electron chi connectivity index (χ1n) is 22.5. The van der Waals surface area contributed by atoms with Gasteiger partial charge in [0.2, 0.25) is 5.88 Å². The highest BCUT2D eigenvalue weighted by Gasteiger charge is 2.25. The minimum absolute atomic E-state index is 0.0339. The van der Waals surface area contributed by atoms with Crippen LogP contribution in [0.5, 0.6) is 5.88 Å². The first-order valence-corrected chi connectivity index (χ1v) is 22.5. The molecule has 336 valence electrons. The molecule has 2 aromatic carbocycles. The largest absolute Gasteiger partial charge is 0.480 e. The second-order valence-electron chi connectivity index (χ2n) is 16.7. The maximum absolute atomic E-state index is 6.54. The molecule has 8 aromatic rings. The highest BCUT2D eigenvalue weighted by molar-refractivity contribution is 5.82. The van der Waals surface area contributed by atoms with Crippen molar-refractivity contribution in [1.29, 1.82) is 0 Å². The number of ether oxygens (including phenoxy) is 3. The van der Waals surface area contributed by atoms with E-state index in [9.17, 15) is 0 Å². The van der Waals surface area contributed by atoms with E-state index in [4.69, 9.17) is 54.3 Å². The number of pyridine rings is 2. The molecule has 6 heterocycles. The fraction of sp³-hybridized carbons (Fsp3) is 0.373. The summed E-state index contributed by atoms with van der Waals surface area (Å²) in [6.07, 6.45) is 1.37. The third-order valence-corrected chi connectivity index (χ3v) is 12.0. The number of rotatable bonds is 18. The lowest BCUT2D eigenvalue weighted by Gasteiger charge is -2.21. The van der Waals surface area contributed by atoms with E-state index in [0.29, 0.717) is 50.7 Å². The van der Waals surface area contributed by atoms with E-state index < -0.39 is 0 Å². The number of anilines is 1. The SMILES string of the molecule is CCc1nc2c(nc1-c1ccc(C(C)c3ccccc3COCC(COC)n3nc(C)c4nc(-c5ccc(C(C)C)nc5OC)c(CC)nc43)nc1NC)c(C)nn2Cc1ccccc1. The first-order chi connectivity index (χ1) is 31.6. The highest BCUT2D eigenvalue weighted by atomic mass is 16.5. The lowest BCUT2D eigenvalue weighted by atomic mass is 9.92. The van der Waals surface area contributed by atoms with Gasteiger partial charge >= 0.3 is 0 Å². The maximum Gasteiger partial charge on any atom is 0.222 e. The fourth-order valence-corrected chi connectivity index (χ4v) is 8.47. The number of methoxy groups -OCH3 is 2. The van der Waals surface area contributed by atoms with Gasteiger partial charge in [-0.3, -0.25) is 0 Å². The van der Waals surface area contributed by atoms with Crippen LogP contribution in [0.1, 0.15) is 103 Å². The Hall–Kier alpha value is -6.64. The zero-order valence-corrected chi connectivity index (χ0v) is 39.2. The molecule has 0 aliphatic rings. The zero-order valence-electron chi connectivity index (χ0n) is 39.2. The molecule has 14 heteroatoms. The zero-order chi connectivity index (χ0) is 45.8. The monoisotopic (exact) mass is 873 g/mol. The molecule has 0 amide bonds. The topological polar surface area (TPSA) is 153 Å². The molecule has 8 rings (SSSR count). The molecule has 0 bridgehead atoms. The van der Waals surface area contributed by atoms with Crippen LogP contribution in [0.4, 0.5) is 5.82 Å². The van der Waals surface area contributed by atoms with Crippen molar-refractivity contribution < 1.29 is 14.2 Å². The number of hydrogen-bond acceptors (Lipinski definition) is 12. The van der Waals surface area contributed by atoms with E-state index in [0.717, 1.165) is 95.9 Å². The van der Waals surface area contributed by atoms with E-state index in [-0.39, 0.29) is 17.9 Å². The van der Waals surface area contributed by atoms with Crippen LogP contribution in [0.15, 0.2) is 78.9 Å². The third kappa shape index (κ3) is 9.05. The van der Waals surface area contributed by atoms with Crippen LogP contribution in [0, 0.1) is 13.8 Å². The molecule has 0 aliphatic carbocycles. The molecule has 0 radical (unpaired) electrons. The summed E-state index contributed by atoms with van der Waals surface area (Å²) >= 11 is 0. The van der Waals surface area contributed by atoms with Crippen LogP contribution in [0.3, 0.4) is 0 Å². The van der Waals surface area contributed by atoms with Gasteiger partial charge in [-0.25, -0.2) is 39.3 Å². The van der Waals surface area contributed by atoms with Crippen molar-refractivity contribution in [2.24, 2.45) is 0 Å². The van der Waals surface area contributed by atoms with Crippen molar-refractivity contribution in [3.05, 3.63) is 130 Å². The van der Waals surface area contributed by atoms with Gasteiger partial charge in [-0.1, -0.05) is 89.2 Å². The van der Waals surface area contributed by atoms with Gasteiger partial charge in [-0.05, 0) is 73.6 Å². The van der Waals surface area contributed by atoms with Crippen LogP contribution in [-0.2, 0) is 35.5 Å². The van der Waals surface area contributed by atoms with Crippen molar-refractivity contribution in [3.63, 3.8) is 0 Å². The number of hydrogen-bond donors (Lipinski definition) is 1. The van der Waals surface area contributed by atoms with E-state index >= 15 is 0 Å². The summed E-state index contributed by atoms with van der Waals surface area (Å²) < 4.78 is 21.9. The molecule has 6 aromatic heterocycles. The van der Waals surface area contributed by atoms with Crippen LogP contribution in [-0.4, -0.2) is 83.9 Å². The van der Waals surface area contributed by atoms with Crippen molar-refractivity contribution in [1.82, 2.24) is 49.5 Å². The number of aryl methyl sites for hydroxylation is 4. The summed E-state index contributed by atoms with van der Waals surface area (Å²) in [5.41, 5.74) is 14.8. The summed E-state index contributed by atoms with van der Waals surface area (Å²) in [7, 11) is 5.23. The molecule has 0 saturated heterocycles. The van der Waals surface area contributed by atoms with Crippen molar-refractivity contribution >= 4 is 28.1 Å². The molecule has 0 fully saturated rings. The van der Waals surface area contributed by atoms with Crippen LogP contribution in [0.25, 0.3) is 44.8 Å². The van der Waals surface area contributed by atoms with E-state index in [2.05, 4.69) is 82.4 Å². The predicted molar refractivity (Wildman–Crippen MR) is 256 cm³/mol. The van der Waals surface area contributed by atoms with Crippen molar-refractivity contribution in [3.8, 4) is 28.4 Å². The smallest absolute Gasteiger partial charge is 0.222 e. The summed E-state index contributed by atoms with van der Waals surface area (Å²) in [4.78, 5) is 30.6. The molecule has 14 nitrogen and oxygen atoms in total. The Balaban J connectivity index is 1.03. The molecule has 2 atom stereocenters. The van der Waals surface area contributed by atoms with Gasteiger partial charge in [-0.2, -0.15) is 10.2 Å². The quantitative estimate of drug-likeness (QED) is 0.0874. The lowest BCUT2D eigenvalue weighted by Crippen LogP contribution is -2.22. The normalized spacial score (nSPS) is 12.7. The Morgan fingerprint density at radius 3 is 2.00 bits per heavy atom. The second-order valence-corrected chi connectivity index (χ2v) is 16.7. The minimum atomic E-state index is -0.253. The fourth-order valence-electron chi connectivity index (χ4n) is 8.47. The number of aromatic nitrogens is 10. The number of nitrogens with one attached hydrogen (secondary N) is 1. The summed E-state index contributed by atoms with van der Waals surface area (Å²) in [6.45, 7) is 16.3. The predicted octanol–water partition coefficient (Wildman–Crippen LogP) is 9.61. The lowest BCUT2D eigenvalue weighted by molar-refractivity contribution is 0.0504. The number of nitrogens with zero attached hydrogens (tertiary/aromatic N) is 10. The Morgan fingerprint density at radius 2 is 1.31 bits per heavy atom. The van der Waals surface area contributed by atoms with Gasteiger partial charge in [0.25, 0.3) is 0 Å². The summed E-state index contributed by atoms with van der Waals surface area (Å²) in [5.74, 6) is 1.51.